The summed E-state index contributed by atoms with van der Waals surface area (Å²) in [5, 5.41) is 0. The van der Waals surface area contributed by atoms with Crippen molar-refractivity contribution in [1.29, 1.82) is 0 Å². The highest BCUT2D eigenvalue weighted by Gasteiger charge is 2.22. The first kappa shape index (κ1) is 14.8. The minimum atomic E-state index is 0.566. The third kappa shape index (κ3) is 2.65. The van der Waals surface area contributed by atoms with E-state index in [1.54, 1.807) is 11.1 Å². The predicted molar refractivity (Wildman–Crippen MR) is 90.2 cm³/mol. The Morgan fingerprint density at radius 3 is 2.50 bits per heavy atom. The Hall–Kier alpha value is -1.56. The minimum absolute atomic E-state index is 0.566. The molecule has 20 heavy (non-hydrogen) atoms. The summed E-state index contributed by atoms with van der Waals surface area (Å²) in [5.41, 5.74) is 9.97. The van der Waals surface area contributed by atoms with Crippen molar-refractivity contribution < 1.29 is 0 Å². The molecule has 106 valence electrons. The zero-order chi connectivity index (χ0) is 14.9. The van der Waals surface area contributed by atoms with Crippen LogP contribution in [0.1, 0.15) is 62.3 Å². The van der Waals surface area contributed by atoms with Crippen LogP contribution in [0.5, 0.6) is 0 Å². The Bertz CT molecular complexity index is 582. The van der Waals surface area contributed by atoms with Gasteiger partial charge in [0, 0.05) is 0 Å². The van der Waals surface area contributed by atoms with Crippen molar-refractivity contribution in [3.8, 4) is 0 Å². The Morgan fingerprint density at radius 2 is 2.00 bits per heavy atom. The monoisotopic (exact) mass is 266 g/mol. The van der Waals surface area contributed by atoms with Crippen LogP contribution in [0.4, 0.5) is 0 Å². The lowest BCUT2D eigenvalue weighted by atomic mass is 9.90. The molecule has 0 radical (unpaired) electrons. The normalized spacial score (nSPS) is 16.2. The Morgan fingerprint density at radius 1 is 1.30 bits per heavy atom. The second-order valence-electron chi connectivity index (χ2n) is 6.18. The average Bonchev–Trinajstić information content (AvgIpc) is 2.82. The second kappa shape index (κ2) is 5.83. The van der Waals surface area contributed by atoms with Gasteiger partial charge in [-0.15, -0.1) is 0 Å². The zero-order valence-corrected chi connectivity index (χ0v) is 13.3. The molecule has 1 aromatic carbocycles. The molecule has 1 aromatic rings. The first-order valence-electron chi connectivity index (χ1n) is 7.62. The molecule has 1 aliphatic rings. The summed E-state index contributed by atoms with van der Waals surface area (Å²) in [4.78, 5) is 0. The summed E-state index contributed by atoms with van der Waals surface area (Å²) in [5.74, 6) is 0.566. The maximum atomic E-state index is 4.11. The minimum Gasteiger partial charge on any atom is -0.0988 e. The molecule has 0 heterocycles. The van der Waals surface area contributed by atoms with E-state index in [0.717, 1.165) is 24.8 Å². The number of fused-ring (bicyclic) bond motifs is 1. The van der Waals surface area contributed by atoms with Crippen molar-refractivity contribution in [2.45, 2.75) is 52.9 Å². The van der Waals surface area contributed by atoms with E-state index < -0.39 is 0 Å². The topological polar surface area (TPSA) is 0 Å². The highest BCUT2D eigenvalue weighted by atomic mass is 14.3. The second-order valence-corrected chi connectivity index (χ2v) is 6.18. The van der Waals surface area contributed by atoms with Crippen molar-refractivity contribution >= 4 is 5.57 Å². The highest BCUT2D eigenvalue weighted by molar-refractivity contribution is 5.66. The summed E-state index contributed by atoms with van der Waals surface area (Å²) in [6.45, 7) is 17.0. The predicted octanol–water partition coefficient (Wildman–Crippen LogP) is 5.83. The van der Waals surface area contributed by atoms with Gasteiger partial charge in [-0.25, -0.2) is 0 Å². The quantitative estimate of drug-likeness (QED) is 0.642. The third-order valence-corrected chi connectivity index (χ3v) is 4.37. The molecule has 0 unspecified atom stereocenters. The Labute approximate surface area is 123 Å². The van der Waals surface area contributed by atoms with Crippen LogP contribution >= 0.6 is 0 Å². The van der Waals surface area contributed by atoms with E-state index >= 15 is 0 Å². The molecule has 0 saturated heterocycles. The van der Waals surface area contributed by atoms with Crippen LogP contribution in [0.2, 0.25) is 0 Å². The van der Waals surface area contributed by atoms with Gasteiger partial charge in [0.05, 0.1) is 0 Å². The Balaban J connectivity index is 2.55. The van der Waals surface area contributed by atoms with E-state index in [1.807, 2.05) is 6.08 Å². The maximum absolute atomic E-state index is 4.11. The molecule has 0 aliphatic heterocycles. The summed E-state index contributed by atoms with van der Waals surface area (Å²) < 4.78 is 0. The van der Waals surface area contributed by atoms with Gasteiger partial charge in [-0.05, 0) is 59.9 Å². The summed E-state index contributed by atoms with van der Waals surface area (Å²) in [6, 6.07) is 4.68. The average molecular weight is 266 g/mol. The van der Waals surface area contributed by atoms with E-state index in [4.69, 9.17) is 0 Å². The number of hydrogen-bond acceptors (Lipinski definition) is 0. The molecule has 0 saturated carbocycles. The molecule has 0 nitrogen and oxygen atoms in total. The van der Waals surface area contributed by atoms with Crippen LogP contribution in [0.15, 0.2) is 42.5 Å². The van der Waals surface area contributed by atoms with Gasteiger partial charge in [-0.1, -0.05) is 63.3 Å². The molecular formula is C20H26. The van der Waals surface area contributed by atoms with E-state index in [9.17, 15) is 0 Å². The Kier molecular flexibility index (Phi) is 4.32. The standard InChI is InChI=1S/C20H26/c1-7-15(8-2)17-10-18-9-16(13(3)4)11-19(14(5)6)20(18)12-17/h7,9,11,14H,1,3,8,10,12H2,2,4-6H3/b17-15+. The van der Waals surface area contributed by atoms with Crippen LogP contribution in [0, 0.1) is 0 Å². The fourth-order valence-electron chi connectivity index (χ4n) is 3.16. The largest absolute Gasteiger partial charge is 0.0988 e. The van der Waals surface area contributed by atoms with Crippen molar-refractivity contribution in [3.63, 3.8) is 0 Å². The lowest BCUT2D eigenvalue weighted by Crippen LogP contribution is -1.98. The van der Waals surface area contributed by atoms with Gasteiger partial charge in [0.25, 0.3) is 0 Å². The molecule has 0 spiro atoms. The third-order valence-electron chi connectivity index (χ3n) is 4.37. The summed E-state index contributed by atoms with van der Waals surface area (Å²) in [6.07, 6.45) is 5.31. The van der Waals surface area contributed by atoms with E-state index in [0.29, 0.717) is 5.92 Å². The molecule has 0 atom stereocenters. The van der Waals surface area contributed by atoms with Crippen molar-refractivity contribution in [1.82, 2.24) is 0 Å². The molecule has 1 aliphatic carbocycles. The molecule has 0 heteroatoms. The van der Waals surface area contributed by atoms with E-state index in [1.165, 1.54) is 22.3 Å². The van der Waals surface area contributed by atoms with E-state index in [-0.39, 0.29) is 0 Å². The fraction of sp³-hybridized carbons (Fsp3) is 0.400. The molecule has 0 bridgehead atoms. The number of rotatable bonds is 4. The molecule has 2 rings (SSSR count). The van der Waals surface area contributed by atoms with Crippen molar-refractivity contribution in [2.75, 3.05) is 0 Å². The highest BCUT2D eigenvalue weighted by Crippen LogP contribution is 2.36. The zero-order valence-electron chi connectivity index (χ0n) is 13.3. The smallest absolute Gasteiger partial charge is 0.00522 e. The van der Waals surface area contributed by atoms with Crippen LogP contribution in [0.25, 0.3) is 5.57 Å². The van der Waals surface area contributed by atoms with Gasteiger partial charge in [-0.3, -0.25) is 0 Å². The van der Waals surface area contributed by atoms with Crippen LogP contribution in [-0.2, 0) is 12.8 Å². The molecule has 0 amide bonds. The lowest BCUT2D eigenvalue weighted by Gasteiger charge is -2.14. The van der Waals surface area contributed by atoms with Gasteiger partial charge in [0.1, 0.15) is 0 Å². The number of allylic oxidation sites excluding steroid dienone is 4. The van der Waals surface area contributed by atoms with Crippen LogP contribution in [-0.4, -0.2) is 0 Å². The van der Waals surface area contributed by atoms with E-state index in [2.05, 4.69) is 53.0 Å². The first-order valence-corrected chi connectivity index (χ1v) is 7.62. The van der Waals surface area contributed by atoms with Crippen LogP contribution < -0.4 is 0 Å². The molecule has 0 aromatic heterocycles. The maximum Gasteiger partial charge on any atom is -0.00522 e. The summed E-state index contributed by atoms with van der Waals surface area (Å²) in [7, 11) is 0. The van der Waals surface area contributed by atoms with Gasteiger partial charge >= 0.3 is 0 Å². The lowest BCUT2D eigenvalue weighted by molar-refractivity contribution is 0.850. The molecule has 0 fully saturated rings. The first-order chi connectivity index (χ1) is 9.47. The van der Waals surface area contributed by atoms with Gasteiger partial charge in [0.15, 0.2) is 0 Å². The summed E-state index contributed by atoms with van der Waals surface area (Å²) >= 11 is 0. The molecular weight excluding hydrogens is 240 g/mol. The van der Waals surface area contributed by atoms with Gasteiger partial charge in [-0.2, -0.15) is 0 Å². The van der Waals surface area contributed by atoms with Crippen molar-refractivity contribution in [2.24, 2.45) is 0 Å². The number of hydrogen-bond donors (Lipinski definition) is 0. The number of benzene rings is 1. The van der Waals surface area contributed by atoms with Crippen molar-refractivity contribution in [3.05, 3.63) is 64.8 Å². The SMILES string of the molecule is C=C/C(CC)=C1/Cc2cc(C(=C)C)cc(C(C)C)c2C1. The van der Waals surface area contributed by atoms with Crippen LogP contribution in [0.3, 0.4) is 0 Å². The van der Waals surface area contributed by atoms with Gasteiger partial charge < -0.3 is 0 Å². The fourth-order valence-corrected chi connectivity index (χ4v) is 3.16. The molecule has 0 N–H and O–H groups in total. The van der Waals surface area contributed by atoms with Gasteiger partial charge in [0.2, 0.25) is 0 Å².